The van der Waals surface area contributed by atoms with Crippen molar-refractivity contribution in [3.8, 4) is 5.75 Å². The summed E-state index contributed by atoms with van der Waals surface area (Å²) in [4.78, 5) is 24.7. The molecular weight excluding hydrogens is 379 g/mol. The third-order valence-electron chi connectivity index (χ3n) is 3.83. The minimum absolute atomic E-state index is 0.0141. The number of carboxylic acid groups (broad SMARTS) is 1. The lowest BCUT2D eigenvalue weighted by atomic mass is 10.1. The zero-order valence-electron chi connectivity index (χ0n) is 14.8. The number of hydrogen-bond donors (Lipinski definition) is 1. The topological polar surface area (TPSA) is 76.1 Å². The number of carboxylic acids is 1. The summed E-state index contributed by atoms with van der Waals surface area (Å²) in [6.07, 6.45) is -5.75. The second kappa shape index (κ2) is 9.12. The Kier molecular flexibility index (Phi) is 6.86. The van der Waals surface area contributed by atoms with E-state index in [1.807, 2.05) is 6.07 Å². The van der Waals surface area contributed by atoms with Crippen LogP contribution in [0.5, 0.6) is 5.75 Å². The molecule has 2 aromatic rings. The maximum atomic E-state index is 12.2. The smallest absolute Gasteiger partial charge is 0.480 e. The molecule has 1 amide bonds. The number of nitrogens with zero attached hydrogens (tertiary/aromatic N) is 1. The van der Waals surface area contributed by atoms with Gasteiger partial charge in [-0.2, -0.15) is 0 Å². The molecule has 0 saturated carbocycles. The summed E-state index contributed by atoms with van der Waals surface area (Å²) in [5.74, 6) is -1.69. The van der Waals surface area contributed by atoms with Gasteiger partial charge in [0.2, 0.25) is 0 Å². The Bertz CT molecular complexity index is 793. The van der Waals surface area contributed by atoms with E-state index in [1.165, 1.54) is 19.2 Å². The molecule has 2 aromatic carbocycles. The Morgan fingerprint density at radius 3 is 2.18 bits per heavy atom. The first-order chi connectivity index (χ1) is 13.2. The van der Waals surface area contributed by atoms with Crippen LogP contribution in [0.4, 0.5) is 18.0 Å². The van der Waals surface area contributed by atoms with Crippen LogP contribution in [0.15, 0.2) is 54.6 Å². The molecule has 0 heterocycles. The lowest BCUT2D eigenvalue weighted by molar-refractivity contribution is -0.274. The number of aliphatic carboxylic acids is 1. The monoisotopic (exact) mass is 397 g/mol. The van der Waals surface area contributed by atoms with E-state index in [-0.39, 0.29) is 13.0 Å². The molecule has 0 aliphatic carbocycles. The predicted octanol–water partition coefficient (Wildman–Crippen LogP) is 3.85. The van der Waals surface area contributed by atoms with E-state index >= 15 is 0 Å². The molecule has 0 fully saturated rings. The van der Waals surface area contributed by atoms with Crippen LogP contribution >= 0.6 is 0 Å². The summed E-state index contributed by atoms with van der Waals surface area (Å²) < 4.78 is 45.4. The van der Waals surface area contributed by atoms with E-state index in [0.717, 1.165) is 22.6 Å². The van der Waals surface area contributed by atoms with Crippen LogP contribution in [0.3, 0.4) is 0 Å². The van der Waals surface area contributed by atoms with Crippen molar-refractivity contribution in [1.29, 1.82) is 0 Å². The molecule has 1 unspecified atom stereocenters. The molecule has 2 rings (SSSR count). The maximum Gasteiger partial charge on any atom is 0.573 e. The highest BCUT2D eigenvalue weighted by molar-refractivity contribution is 5.80. The van der Waals surface area contributed by atoms with Gasteiger partial charge in [0.25, 0.3) is 0 Å². The average molecular weight is 397 g/mol. The third kappa shape index (κ3) is 6.49. The van der Waals surface area contributed by atoms with E-state index < -0.39 is 30.2 Å². The maximum absolute atomic E-state index is 12.2. The Morgan fingerprint density at radius 1 is 1.04 bits per heavy atom. The van der Waals surface area contributed by atoms with Crippen LogP contribution in [0.2, 0.25) is 0 Å². The minimum atomic E-state index is -4.81. The molecule has 0 aliphatic heterocycles. The van der Waals surface area contributed by atoms with Crippen LogP contribution in [0.25, 0.3) is 0 Å². The molecular formula is C19H18F3NO5. The third-order valence-corrected chi connectivity index (χ3v) is 3.83. The highest BCUT2D eigenvalue weighted by Gasteiger charge is 2.31. The van der Waals surface area contributed by atoms with Crippen LogP contribution in [-0.2, 0) is 22.6 Å². The van der Waals surface area contributed by atoms with Crippen molar-refractivity contribution >= 4 is 12.1 Å². The fourth-order valence-electron chi connectivity index (χ4n) is 2.39. The average Bonchev–Trinajstić information content (AvgIpc) is 2.64. The number of hydrogen-bond acceptors (Lipinski definition) is 4. The highest BCUT2D eigenvalue weighted by atomic mass is 19.4. The largest absolute Gasteiger partial charge is 0.573 e. The van der Waals surface area contributed by atoms with E-state index in [0.29, 0.717) is 5.56 Å². The predicted molar refractivity (Wildman–Crippen MR) is 92.6 cm³/mol. The van der Waals surface area contributed by atoms with Gasteiger partial charge in [0.1, 0.15) is 18.4 Å². The van der Waals surface area contributed by atoms with Crippen LogP contribution in [0, 0.1) is 0 Å². The second-order valence-corrected chi connectivity index (χ2v) is 5.90. The quantitative estimate of drug-likeness (QED) is 0.768. The standard InChI is InChI=1S/C19H18F3NO5/c1-23(18(26)27-12-14-5-3-2-4-6-14)16(17(24)25)11-13-7-9-15(10-8-13)28-19(20,21)22/h2-10,16H,11-12H2,1H3,(H,24,25). The molecule has 150 valence electrons. The van der Waals surface area contributed by atoms with Gasteiger partial charge in [0, 0.05) is 13.5 Å². The van der Waals surface area contributed by atoms with Gasteiger partial charge in [-0.1, -0.05) is 42.5 Å². The van der Waals surface area contributed by atoms with E-state index in [9.17, 15) is 27.9 Å². The van der Waals surface area contributed by atoms with Gasteiger partial charge in [0.15, 0.2) is 0 Å². The molecule has 0 saturated heterocycles. The number of carbonyl (C=O) groups excluding carboxylic acids is 1. The van der Waals surface area contributed by atoms with Gasteiger partial charge in [-0.05, 0) is 23.3 Å². The minimum Gasteiger partial charge on any atom is -0.480 e. The summed E-state index contributed by atoms with van der Waals surface area (Å²) >= 11 is 0. The number of benzene rings is 2. The van der Waals surface area contributed by atoms with Gasteiger partial charge < -0.3 is 14.6 Å². The molecule has 0 spiro atoms. The second-order valence-electron chi connectivity index (χ2n) is 5.90. The van der Waals surface area contributed by atoms with Crippen molar-refractivity contribution in [2.75, 3.05) is 7.05 Å². The van der Waals surface area contributed by atoms with Crippen LogP contribution < -0.4 is 4.74 Å². The number of rotatable bonds is 7. The molecule has 0 bridgehead atoms. The Labute approximate surface area is 159 Å². The number of alkyl halides is 3. The summed E-state index contributed by atoms with van der Waals surface area (Å²) in [6, 6.07) is 12.4. The zero-order valence-corrected chi connectivity index (χ0v) is 14.8. The van der Waals surface area contributed by atoms with Gasteiger partial charge >= 0.3 is 18.4 Å². The molecule has 1 N–H and O–H groups in total. The lowest BCUT2D eigenvalue weighted by Gasteiger charge is -2.24. The first-order valence-electron chi connectivity index (χ1n) is 8.16. The molecule has 0 radical (unpaired) electrons. The van der Waals surface area contributed by atoms with E-state index in [4.69, 9.17) is 4.74 Å². The number of carbonyl (C=O) groups is 2. The molecule has 28 heavy (non-hydrogen) atoms. The summed E-state index contributed by atoms with van der Waals surface area (Å²) in [5.41, 5.74) is 1.17. The highest BCUT2D eigenvalue weighted by Crippen LogP contribution is 2.23. The van der Waals surface area contributed by atoms with Gasteiger partial charge in [-0.25, -0.2) is 9.59 Å². The molecule has 1 atom stereocenters. The Hall–Kier alpha value is -3.23. The van der Waals surface area contributed by atoms with Crippen molar-refractivity contribution in [3.63, 3.8) is 0 Å². The normalized spacial score (nSPS) is 12.1. The van der Waals surface area contributed by atoms with Gasteiger partial charge in [-0.3, -0.25) is 4.90 Å². The number of likely N-dealkylation sites (N-methyl/N-ethyl adjacent to an activating group) is 1. The Balaban J connectivity index is 1.99. The SMILES string of the molecule is CN(C(=O)OCc1ccccc1)C(Cc1ccc(OC(F)(F)F)cc1)C(=O)O. The van der Waals surface area contributed by atoms with Gasteiger partial charge in [-0.15, -0.1) is 13.2 Å². The van der Waals surface area contributed by atoms with Crippen molar-refractivity contribution in [3.05, 3.63) is 65.7 Å². The first kappa shape index (κ1) is 21.1. The fraction of sp³-hybridized carbons (Fsp3) is 0.263. The van der Waals surface area contributed by atoms with Crippen molar-refractivity contribution in [1.82, 2.24) is 4.90 Å². The van der Waals surface area contributed by atoms with Gasteiger partial charge in [0.05, 0.1) is 0 Å². The summed E-state index contributed by atoms with van der Waals surface area (Å²) in [7, 11) is 1.28. The molecule has 0 aliphatic rings. The van der Waals surface area contributed by atoms with E-state index in [1.54, 1.807) is 24.3 Å². The van der Waals surface area contributed by atoms with E-state index in [2.05, 4.69) is 4.74 Å². The Morgan fingerprint density at radius 2 is 1.64 bits per heavy atom. The first-order valence-corrected chi connectivity index (χ1v) is 8.16. The summed E-state index contributed by atoms with van der Waals surface area (Å²) in [6.45, 7) is -0.0141. The van der Waals surface area contributed by atoms with Crippen LogP contribution in [-0.4, -0.2) is 41.5 Å². The van der Waals surface area contributed by atoms with Crippen molar-refractivity contribution in [2.24, 2.45) is 0 Å². The number of ether oxygens (including phenoxy) is 2. The summed E-state index contributed by atoms with van der Waals surface area (Å²) in [5, 5.41) is 9.42. The zero-order chi connectivity index (χ0) is 20.7. The lowest BCUT2D eigenvalue weighted by Crippen LogP contribution is -2.44. The molecule has 6 nitrogen and oxygen atoms in total. The van der Waals surface area contributed by atoms with Crippen molar-refractivity contribution in [2.45, 2.75) is 25.4 Å². The van der Waals surface area contributed by atoms with Crippen molar-refractivity contribution < 1.29 is 37.3 Å². The van der Waals surface area contributed by atoms with Crippen LogP contribution in [0.1, 0.15) is 11.1 Å². The number of amides is 1. The fourth-order valence-corrected chi connectivity index (χ4v) is 2.39. The molecule has 9 heteroatoms. The number of halogens is 3. The molecule has 0 aromatic heterocycles.